The van der Waals surface area contributed by atoms with Gasteiger partial charge in [-0.15, -0.1) is 0 Å². The molecule has 8 atom stereocenters. The lowest BCUT2D eigenvalue weighted by Gasteiger charge is -2.61. The van der Waals surface area contributed by atoms with E-state index in [2.05, 4.69) is 13.8 Å². The van der Waals surface area contributed by atoms with Gasteiger partial charge in [0, 0.05) is 11.8 Å². The van der Waals surface area contributed by atoms with Crippen molar-refractivity contribution in [3.05, 3.63) is 11.6 Å². The summed E-state index contributed by atoms with van der Waals surface area (Å²) < 4.78 is 24.1. The van der Waals surface area contributed by atoms with Crippen molar-refractivity contribution in [3.63, 3.8) is 0 Å². The topological polar surface area (TPSA) is 74.2 Å². The predicted molar refractivity (Wildman–Crippen MR) is 103 cm³/mol. The van der Waals surface area contributed by atoms with E-state index in [1.807, 2.05) is 6.08 Å². The van der Waals surface area contributed by atoms with E-state index in [4.69, 9.17) is 18.9 Å². The number of ether oxygens (including phenoxy) is 4. The zero-order valence-corrected chi connectivity index (χ0v) is 17.4. The Morgan fingerprint density at radius 1 is 1.07 bits per heavy atom. The van der Waals surface area contributed by atoms with Crippen LogP contribution >= 0.6 is 0 Å². The number of fused-ring (bicyclic) bond motifs is 7. The van der Waals surface area contributed by atoms with Crippen LogP contribution in [0.5, 0.6) is 0 Å². The number of carbonyl (C=O) groups is 1. The maximum atomic E-state index is 12.1. The van der Waals surface area contributed by atoms with Crippen molar-refractivity contribution in [2.24, 2.45) is 28.6 Å². The molecule has 1 N–H and O–H groups in total. The molecule has 6 rings (SSSR count). The van der Waals surface area contributed by atoms with Crippen molar-refractivity contribution in [1.29, 1.82) is 0 Å². The molecule has 4 aliphatic carbocycles. The van der Waals surface area contributed by atoms with Crippen LogP contribution in [0.15, 0.2) is 11.6 Å². The molecule has 6 nitrogen and oxygen atoms in total. The fourth-order valence-electron chi connectivity index (χ4n) is 8.66. The maximum Gasteiger partial charge on any atom is 0.226 e. The Balaban J connectivity index is 1.41. The van der Waals surface area contributed by atoms with Crippen molar-refractivity contribution in [2.75, 3.05) is 20.2 Å². The fraction of sp³-hybridized carbons (Fsp3) is 0.870. The minimum atomic E-state index is -0.843. The fourth-order valence-corrected chi connectivity index (χ4v) is 8.66. The zero-order valence-electron chi connectivity index (χ0n) is 17.4. The molecule has 0 aromatic carbocycles. The van der Waals surface area contributed by atoms with E-state index < -0.39 is 17.5 Å². The van der Waals surface area contributed by atoms with Gasteiger partial charge in [0.15, 0.2) is 19.4 Å². The first kappa shape index (κ1) is 18.9. The van der Waals surface area contributed by atoms with Gasteiger partial charge in [-0.3, -0.25) is 4.79 Å². The number of aliphatic hydroxyl groups excluding tert-OH is 1. The Bertz CT molecular complexity index is 766. The number of allylic oxidation sites excluding steroid dienone is 1. The van der Waals surface area contributed by atoms with Crippen molar-refractivity contribution in [1.82, 2.24) is 0 Å². The first-order chi connectivity index (χ1) is 13.9. The normalized spacial score (nSPS) is 56.4. The molecular formula is C23H32O6. The third-order valence-corrected chi connectivity index (χ3v) is 9.90. The number of ketones is 1. The van der Waals surface area contributed by atoms with Gasteiger partial charge < -0.3 is 24.1 Å². The summed E-state index contributed by atoms with van der Waals surface area (Å²) in [5, 5.41) is 11.6. The monoisotopic (exact) mass is 404 g/mol. The predicted octanol–water partition coefficient (Wildman–Crippen LogP) is 2.93. The standard InChI is InChI=1S/C23H32O6/c1-20-7-5-15(24)9-14(20)3-4-16-17-6-8-22(21(17,2)10-18(25)19(16)20)23(29-13-27-22)11-26-12-28-23/h9,16-19,25H,3-8,10-13H2,1-2H3/t16-,17-,18-,19+,20-,21-,22+,23-/m0/s1. The summed E-state index contributed by atoms with van der Waals surface area (Å²) in [5.74, 6) is 0.506. The summed E-state index contributed by atoms with van der Waals surface area (Å²) in [6.45, 7) is 5.44. The number of carbonyl (C=O) groups excluding carboxylic acids is 1. The highest BCUT2D eigenvalue weighted by molar-refractivity contribution is 5.91. The molecule has 29 heavy (non-hydrogen) atoms. The molecule has 5 fully saturated rings. The Morgan fingerprint density at radius 3 is 2.69 bits per heavy atom. The van der Waals surface area contributed by atoms with Gasteiger partial charge in [0.2, 0.25) is 5.79 Å². The van der Waals surface area contributed by atoms with Crippen LogP contribution in [0.25, 0.3) is 0 Å². The van der Waals surface area contributed by atoms with Gasteiger partial charge in [0.25, 0.3) is 0 Å². The molecule has 2 spiro atoms. The molecule has 2 saturated heterocycles. The van der Waals surface area contributed by atoms with Gasteiger partial charge in [0.1, 0.15) is 12.2 Å². The minimum Gasteiger partial charge on any atom is -0.393 e. The molecule has 0 aromatic heterocycles. The second-order valence-corrected chi connectivity index (χ2v) is 10.7. The highest BCUT2D eigenvalue weighted by atomic mass is 16.9. The first-order valence-corrected chi connectivity index (χ1v) is 11.3. The van der Waals surface area contributed by atoms with E-state index in [1.54, 1.807) is 0 Å². The maximum absolute atomic E-state index is 12.1. The van der Waals surface area contributed by atoms with Crippen LogP contribution in [0.3, 0.4) is 0 Å². The SMILES string of the molecule is C[C@]12CCC(=O)C=C1CC[C@@H]1[C@@H]2[C@@H](O)C[C@@]2(C)[C@H]1CC[C@@]21OCO[C@@]12COCO2. The van der Waals surface area contributed by atoms with E-state index in [9.17, 15) is 9.90 Å². The zero-order chi connectivity index (χ0) is 20.1. The highest BCUT2D eigenvalue weighted by Gasteiger charge is 2.76. The second-order valence-electron chi connectivity index (χ2n) is 10.7. The van der Waals surface area contributed by atoms with E-state index in [0.717, 1.165) is 32.1 Å². The summed E-state index contributed by atoms with van der Waals surface area (Å²) in [6.07, 6.45) is 7.58. The largest absolute Gasteiger partial charge is 0.393 e. The van der Waals surface area contributed by atoms with E-state index in [1.165, 1.54) is 5.57 Å². The minimum absolute atomic E-state index is 0.0645. The quantitative estimate of drug-likeness (QED) is 0.669. The van der Waals surface area contributed by atoms with Crippen molar-refractivity contribution >= 4 is 5.78 Å². The van der Waals surface area contributed by atoms with Crippen LogP contribution in [0, 0.1) is 28.6 Å². The molecule has 0 bridgehead atoms. The molecule has 6 heteroatoms. The average molecular weight is 405 g/mol. The lowest BCUT2D eigenvalue weighted by Crippen LogP contribution is -2.66. The van der Waals surface area contributed by atoms with Crippen LogP contribution in [0.1, 0.15) is 58.8 Å². The molecule has 0 amide bonds. The summed E-state index contributed by atoms with van der Waals surface area (Å²) >= 11 is 0. The first-order valence-electron chi connectivity index (χ1n) is 11.3. The number of aliphatic hydroxyl groups is 1. The molecule has 0 aromatic rings. The van der Waals surface area contributed by atoms with E-state index in [-0.39, 0.29) is 36.1 Å². The lowest BCUT2D eigenvalue weighted by molar-refractivity contribution is -0.257. The number of hydrogen-bond acceptors (Lipinski definition) is 6. The van der Waals surface area contributed by atoms with Gasteiger partial charge >= 0.3 is 0 Å². The average Bonchev–Trinajstić information content (AvgIpc) is 3.37. The van der Waals surface area contributed by atoms with Crippen molar-refractivity contribution < 1.29 is 28.8 Å². The Kier molecular flexibility index (Phi) is 3.86. The van der Waals surface area contributed by atoms with Crippen LogP contribution < -0.4 is 0 Å². The van der Waals surface area contributed by atoms with Gasteiger partial charge in [-0.05, 0) is 67.8 Å². The molecule has 0 unspecified atom stereocenters. The summed E-state index contributed by atoms with van der Waals surface area (Å²) in [7, 11) is 0. The van der Waals surface area contributed by atoms with Gasteiger partial charge in [-0.25, -0.2) is 0 Å². The van der Waals surface area contributed by atoms with Gasteiger partial charge in [-0.1, -0.05) is 19.4 Å². The molecule has 160 valence electrons. The van der Waals surface area contributed by atoms with E-state index in [0.29, 0.717) is 31.3 Å². The highest BCUT2D eigenvalue weighted by Crippen LogP contribution is 2.71. The third kappa shape index (κ3) is 2.13. The third-order valence-electron chi connectivity index (χ3n) is 9.90. The summed E-state index contributed by atoms with van der Waals surface area (Å²) in [4.78, 5) is 12.1. The number of hydrogen-bond donors (Lipinski definition) is 1. The Labute approximate surface area is 171 Å². The van der Waals surface area contributed by atoms with Gasteiger partial charge in [0.05, 0.1) is 6.10 Å². The molecular weight excluding hydrogens is 372 g/mol. The lowest BCUT2D eigenvalue weighted by atomic mass is 9.45. The molecule has 6 aliphatic rings. The smallest absolute Gasteiger partial charge is 0.226 e. The van der Waals surface area contributed by atoms with Crippen molar-refractivity contribution in [2.45, 2.75) is 76.3 Å². The Hall–Kier alpha value is -0.790. The second kappa shape index (κ2) is 5.92. The van der Waals surface area contributed by atoms with Crippen LogP contribution in [0.4, 0.5) is 0 Å². The molecule has 2 aliphatic heterocycles. The van der Waals surface area contributed by atoms with Crippen LogP contribution in [-0.2, 0) is 23.7 Å². The molecule has 3 saturated carbocycles. The van der Waals surface area contributed by atoms with Crippen molar-refractivity contribution in [3.8, 4) is 0 Å². The van der Waals surface area contributed by atoms with E-state index >= 15 is 0 Å². The van der Waals surface area contributed by atoms with Gasteiger partial charge in [-0.2, -0.15) is 0 Å². The van der Waals surface area contributed by atoms with Crippen LogP contribution in [0.2, 0.25) is 0 Å². The summed E-state index contributed by atoms with van der Waals surface area (Å²) in [6, 6.07) is 0. The molecule has 2 heterocycles. The molecule has 0 radical (unpaired) electrons. The summed E-state index contributed by atoms with van der Waals surface area (Å²) in [5.41, 5.74) is 0.423. The Morgan fingerprint density at radius 2 is 1.90 bits per heavy atom. The number of rotatable bonds is 0. The van der Waals surface area contributed by atoms with Crippen LogP contribution in [-0.4, -0.2) is 48.6 Å².